The Morgan fingerprint density at radius 1 is 1.27 bits per heavy atom. The number of nitrogens with two attached hydrogens (primary N) is 1. The van der Waals surface area contributed by atoms with Gasteiger partial charge in [-0.2, -0.15) is 4.39 Å². The van der Waals surface area contributed by atoms with Crippen molar-refractivity contribution in [2.24, 2.45) is 16.1 Å². The summed E-state index contributed by atoms with van der Waals surface area (Å²) in [6, 6.07) is 9.10. The maximum Gasteiger partial charge on any atom is 0.261 e. The quantitative estimate of drug-likeness (QED) is 0.802. The number of carbonyl (C=O) groups is 1. The normalized spacial score (nSPS) is 23.9. The molecule has 1 aliphatic heterocycles. The summed E-state index contributed by atoms with van der Waals surface area (Å²) in [6.07, 6.45) is 2.81. The van der Waals surface area contributed by atoms with Gasteiger partial charge in [0.25, 0.3) is 5.91 Å². The number of fused-ring (bicyclic) bond motifs is 2. The molecule has 4 rings (SSSR count). The van der Waals surface area contributed by atoms with E-state index >= 15 is 0 Å². The second kappa shape index (κ2) is 5.37. The first-order valence-corrected chi connectivity index (χ1v) is 8.61. The fourth-order valence-electron chi connectivity index (χ4n) is 4.24. The standard InChI is InChI=1S/C20H21FN4O/c1-19(2)10-13-7-6-12(14-5-4-8-23-16(14)21)9-15(13)20(11-19)17(26)25(3)18(22)24-20/h4-9H,10-11H2,1-3H3,(H2,22,24)/t20-/m1/s1. The van der Waals surface area contributed by atoms with Gasteiger partial charge in [0.2, 0.25) is 5.95 Å². The van der Waals surface area contributed by atoms with Crippen LogP contribution in [-0.2, 0) is 16.8 Å². The monoisotopic (exact) mass is 352 g/mol. The number of amides is 1. The number of nitrogens with zero attached hydrogens (tertiary/aromatic N) is 3. The fourth-order valence-corrected chi connectivity index (χ4v) is 4.24. The van der Waals surface area contributed by atoms with Gasteiger partial charge in [0.1, 0.15) is 0 Å². The molecule has 0 fully saturated rings. The molecule has 0 saturated heterocycles. The second-order valence-corrected chi connectivity index (χ2v) is 7.93. The zero-order valence-electron chi connectivity index (χ0n) is 15.1. The van der Waals surface area contributed by atoms with Gasteiger partial charge >= 0.3 is 0 Å². The average Bonchev–Trinajstić information content (AvgIpc) is 2.79. The molecular formula is C20H21FN4O. The Hall–Kier alpha value is -2.76. The van der Waals surface area contributed by atoms with E-state index in [2.05, 4.69) is 23.8 Å². The van der Waals surface area contributed by atoms with Crippen LogP contribution in [0, 0.1) is 11.4 Å². The van der Waals surface area contributed by atoms with E-state index < -0.39 is 11.5 Å². The molecule has 0 saturated carbocycles. The number of benzene rings is 1. The molecule has 0 radical (unpaired) electrons. The van der Waals surface area contributed by atoms with Crippen LogP contribution >= 0.6 is 0 Å². The summed E-state index contributed by atoms with van der Waals surface area (Å²) in [5.41, 5.74) is 7.80. The number of rotatable bonds is 1. The number of halogens is 1. The van der Waals surface area contributed by atoms with Crippen LogP contribution in [0.25, 0.3) is 11.1 Å². The summed E-state index contributed by atoms with van der Waals surface area (Å²) in [5.74, 6) is -0.444. The van der Waals surface area contributed by atoms with E-state index in [1.54, 1.807) is 19.2 Å². The molecule has 1 spiro atoms. The highest BCUT2D eigenvalue weighted by molar-refractivity contribution is 6.07. The molecule has 1 amide bonds. The van der Waals surface area contributed by atoms with Crippen molar-refractivity contribution in [1.82, 2.24) is 9.88 Å². The fraction of sp³-hybridized carbons (Fsp3) is 0.350. The van der Waals surface area contributed by atoms with Gasteiger partial charge in [-0.3, -0.25) is 9.69 Å². The average molecular weight is 352 g/mol. The van der Waals surface area contributed by atoms with Gasteiger partial charge < -0.3 is 5.73 Å². The van der Waals surface area contributed by atoms with E-state index in [1.165, 1.54) is 11.1 Å². The molecule has 2 aliphatic rings. The molecule has 1 atom stereocenters. The first kappa shape index (κ1) is 16.7. The molecule has 134 valence electrons. The summed E-state index contributed by atoms with van der Waals surface area (Å²) in [4.78, 5) is 22.8. The number of hydrogen-bond donors (Lipinski definition) is 1. The van der Waals surface area contributed by atoms with Gasteiger partial charge in [-0.05, 0) is 53.1 Å². The largest absolute Gasteiger partial charge is 0.369 e. The Labute approximate surface area is 151 Å². The van der Waals surface area contributed by atoms with Gasteiger partial charge in [-0.1, -0.05) is 26.0 Å². The van der Waals surface area contributed by atoms with Gasteiger partial charge in [0.15, 0.2) is 11.5 Å². The van der Waals surface area contributed by atoms with Crippen molar-refractivity contribution in [3.05, 3.63) is 53.6 Å². The van der Waals surface area contributed by atoms with Crippen LogP contribution in [0.5, 0.6) is 0 Å². The van der Waals surface area contributed by atoms with Crippen molar-refractivity contribution in [2.45, 2.75) is 32.2 Å². The molecule has 0 bridgehead atoms. The van der Waals surface area contributed by atoms with E-state index in [0.29, 0.717) is 17.5 Å². The van der Waals surface area contributed by atoms with E-state index in [-0.39, 0.29) is 17.3 Å². The number of aliphatic imine (C=N–C) groups is 1. The van der Waals surface area contributed by atoms with Gasteiger partial charge in [0, 0.05) is 18.8 Å². The number of carbonyl (C=O) groups excluding carboxylic acids is 1. The van der Waals surface area contributed by atoms with Crippen LogP contribution in [0.3, 0.4) is 0 Å². The summed E-state index contributed by atoms with van der Waals surface area (Å²) >= 11 is 0. The van der Waals surface area contributed by atoms with Crippen molar-refractivity contribution >= 4 is 11.9 Å². The van der Waals surface area contributed by atoms with Gasteiger partial charge in [-0.15, -0.1) is 0 Å². The Morgan fingerprint density at radius 3 is 2.69 bits per heavy atom. The van der Waals surface area contributed by atoms with Crippen LogP contribution in [0.1, 0.15) is 31.4 Å². The van der Waals surface area contributed by atoms with Crippen LogP contribution < -0.4 is 5.73 Å². The SMILES string of the molecule is CN1C(=O)[C@]2(CC(C)(C)Cc3ccc(-c4cccnc4F)cc32)N=C1N. The Bertz CT molecular complexity index is 953. The lowest BCUT2D eigenvalue weighted by Crippen LogP contribution is -2.46. The minimum atomic E-state index is -1.04. The van der Waals surface area contributed by atoms with Gasteiger partial charge in [0.05, 0.1) is 0 Å². The molecule has 2 heterocycles. The predicted octanol–water partition coefficient (Wildman–Crippen LogP) is 2.84. The minimum Gasteiger partial charge on any atom is -0.369 e. The lowest BCUT2D eigenvalue weighted by atomic mass is 9.65. The molecule has 1 aromatic heterocycles. The number of pyridine rings is 1. The molecule has 26 heavy (non-hydrogen) atoms. The number of likely N-dealkylation sites (N-methyl/N-ethyl adjacent to an activating group) is 1. The summed E-state index contributed by atoms with van der Waals surface area (Å²) in [5, 5.41) is 0. The second-order valence-electron chi connectivity index (χ2n) is 7.93. The zero-order chi connectivity index (χ0) is 18.7. The third kappa shape index (κ3) is 2.32. The highest BCUT2D eigenvalue weighted by atomic mass is 19.1. The first-order chi connectivity index (χ1) is 12.2. The zero-order valence-corrected chi connectivity index (χ0v) is 15.1. The third-order valence-corrected chi connectivity index (χ3v) is 5.34. The maximum absolute atomic E-state index is 14.2. The molecule has 5 nitrogen and oxygen atoms in total. The molecular weight excluding hydrogens is 331 g/mol. The van der Waals surface area contributed by atoms with E-state index in [1.807, 2.05) is 18.2 Å². The molecule has 2 N–H and O–H groups in total. The minimum absolute atomic E-state index is 0.0985. The van der Waals surface area contributed by atoms with Crippen molar-refractivity contribution in [3.8, 4) is 11.1 Å². The number of aromatic nitrogens is 1. The highest BCUT2D eigenvalue weighted by Crippen LogP contribution is 2.50. The Kier molecular flexibility index (Phi) is 3.45. The lowest BCUT2D eigenvalue weighted by molar-refractivity contribution is -0.132. The van der Waals surface area contributed by atoms with E-state index in [9.17, 15) is 9.18 Å². The van der Waals surface area contributed by atoms with Crippen LogP contribution in [0.2, 0.25) is 0 Å². The lowest BCUT2D eigenvalue weighted by Gasteiger charge is -2.41. The molecule has 6 heteroatoms. The third-order valence-electron chi connectivity index (χ3n) is 5.34. The summed E-state index contributed by atoms with van der Waals surface area (Å²) in [6.45, 7) is 4.26. The number of guanidine groups is 1. The maximum atomic E-state index is 14.2. The van der Waals surface area contributed by atoms with Crippen LogP contribution in [0.15, 0.2) is 41.5 Å². The molecule has 0 unspecified atom stereocenters. The Morgan fingerprint density at radius 2 is 2.04 bits per heavy atom. The predicted molar refractivity (Wildman–Crippen MR) is 97.8 cm³/mol. The smallest absolute Gasteiger partial charge is 0.261 e. The van der Waals surface area contributed by atoms with Crippen LogP contribution in [0.4, 0.5) is 4.39 Å². The van der Waals surface area contributed by atoms with Crippen molar-refractivity contribution in [3.63, 3.8) is 0 Å². The van der Waals surface area contributed by atoms with Crippen molar-refractivity contribution < 1.29 is 9.18 Å². The summed E-state index contributed by atoms with van der Waals surface area (Å²) in [7, 11) is 1.64. The summed E-state index contributed by atoms with van der Waals surface area (Å²) < 4.78 is 14.2. The molecule has 2 aromatic rings. The highest BCUT2D eigenvalue weighted by Gasteiger charge is 2.54. The van der Waals surface area contributed by atoms with Crippen molar-refractivity contribution in [2.75, 3.05) is 7.05 Å². The topological polar surface area (TPSA) is 71.6 Å². The molecule has 1 aromatic carbocycles. The van der Waals surface area contributed by atoms with E-state index in [4.69, 9.17) is 5.73 Å². The number of hydrogen-bond acceptors (Lipinski definition) is 4. The van der Waals surface area contributed by atoms with E-state index in [0.717, 1.165) is 17.5 Å². The van der Waals surface area contributed by atoms with Crippen molar-refractivity contribution in [1.29, 1.82) is 0 Å². The molecule has 1 aliphatic carbocycles. The van der Waals surface area contributed by atoms with Gasteiger partial charge in [-0.25, -0.2) is 9.98 Å². The Balaban J connectivity index is 1.95. The van der Waals surface area contributed by atoms with Crippen LogP contribution in [-0.4, -0.2) is 28.8 Å². The first-order valence-electron chi connectivity index (χ1n) is 8.61.